The van der Waals surface area contributed by atoms with Crippen LogP contribution in [0.2, 0.25) is 15.1 Å². The Morgan fingerprint density at radius 1 is 1.11 bits per heavy atom. The maximum absolute atomic E-state index is 13.1. The highest BCUT2D eigenvalue weighted by atomic mass is 35.5. The molecular weight excluding hydrogens is 553 g/mol. The van der Waals surface area contributed by atoms with Crippen LogP contribution in [0.5, 0.6) is 0 Å². The second kappa shape index (κ2) is 13.3. The summed E-state index contributed by atoms with van der Waals surface area (Å²) in [5.41, 5.74) is 1.87. The van der Waals surface area contributed by atoms with Gasteiger partial charge in [-0.3, -0.25) is 9.59 Å². The maximum Gasteiger partial charge on any atom is 0.253 e. The van der Waals surface area contributed by atoms with Gasteiger partial charge in [0.05, 0.1) is 22.4 Å². The van der Waals surface area contributed by atoms with E-state index in [0.717, 1.165) is 5.56 Å². The number of rotatable bonds is 11. The van der Waals surface area contributed by atoms with Crippen molar-refractivity contribution in [3.05, 3.63) is 81.1 Å². The van der Waals surface area contributed by atoms with Crippen LogP contribution in [-0.2, 0) is 11.3 Å². The van der Waals surface area contributed by atoms with Crippen molar-refractivity contribution in [3.8, 4) is 0 Å². The number of halogens is 3. The van der Waals surface area contributed by atoms with Crippen LogP contribution in [0.15, 0.2) is 54.2 Å². The van der Waals surface area contributed by atoms with Crippen molar-refractivity contribution < 1.29 is 9.59 Å². The number of nitrogens with zero attached hydrogens (tertiary/aromatic N) is 3. The molecule has 3 rings (SSSR count). The van der Waals surface area contributed by atoms with Crippen molar-refractivity contribution in [2.45, 2.75) is 44.9 Å². The Kier molecular flexibility index (Phi) is 10.5. The second-order valence-electron chi connectivity index (χ2n) is 8.82. The fraction of sp³-hybridized carbons (Fsp3) is 0.308. The van der Waals surface area contributed by atoms with Crippen molar-refractivity contribution in [1.82, 2.24) is 20.1 Å². The van der Waals surface area contributed by atoms with Crippen molar-refractivity contribution in [2.24, 2.45) is 5.92 Å². The zero-order chi connectivity index (χ0) is 27.1. The third-order valence-electron chi connectivity index (χ3n) is 5.34. The van der Waals surface area contributed by atoms with Gasteiger partial charge in [-0.25, -0.2) is 0 Å². The second-order valence-corrected chi connectivity index (χ2v) is 11.0. The highest BCUT2D eigenvalue weighted by Gasteiger charge is 2.25. The molecule has 0 radical (unpaired) electrons. The zero-order valence-electron chi connectivity index (χ0n) is 20.7. The summed E-state index contributed by atoms with van der Waals surface area (Å²) in [6.45, 7) is 10.3. The summed E-state index contributed by atoms with van der Waals surface area (Å²) in [6, 6.07) is 9.65. The molecule has 0 unspecified atom stereocenters. The van der Waals surface area contributed by atoms with Crippen molar-refractivity contribution in [1.29, 1.82) is 0 Å². The number of hydrogen-bond donors (Lipinski definition) is 2. The Bertz CT molecular complexity index is 1300. The number of aryl methyl sites for hydroxylation is 1. The van der Waals surface area contributed by atoms with Gasteiger partial charge in [0.1, 0.15) is 0 Å². The van der Waals surface area contributed by atoms with Crippen LogP contribution >= 0.6 is 46.6 Å². The number of nitrogens with one attached hydrogen (secondary N) is 2. The van der Waals surface area contributed by atoms with Gasteiger partial charge >= 0.3 is 0 Å². The van der Waals surface area contributed by atoms with Crippen molar-refractivity contribution >= 4 is 64.1 Å². The quantitative estimate of drug-likeness (QED) is 0.189. The van der Waals surface area contributed by atoms with Crippen LogP contribution < -0.4 is 10.6 Å². The van der Waals surface area contributed by atoms with Crippen LogP contribution in [0.3, 0.4) is 0 Å². The molecule has 3 aromatic rings. The number of thioether (sulfide) groups is 1. The largest absolute Gasteiger partial charge is 0.342 e. The number of amides is 2. The molecule has 2 N–H and O–H groups in total. The molecule has 11 heteroatoms. The first kappa shape index (κ1) is 29.0. The third kappa shape index (κ3) is 7.98. The average molecular weight is 581 g/mol. The Hall–Kier alpha value is -2.52. The Balaban J connectivity index is 1.78. The molecule has 1 atom stereocenters. The lowest BCUT2D eigenvalue weighted by atomic mass is 10.0. The van der Waals surface area contributed by atoms with Crippen molar-refractivity contribution in [2.75, 3.05) is 11.1 Å². The first-order valence-electron chi connectivity index (χ1n) is 11.6. The number of anilines is 1. The topological polar surface area (TPSA) is 88.9 Å². The molecule has 0 saturated carbocycles. The molecule has 2 aromatic carbocycles. The molecule has 1 heterocycles. The molecule has 0 spiro atoms. The van der Waals surface area contributed by atoms with Crippen molar-refractivity contribution in [3.63, 3.8) is 0 Å². The minimum Gasteiger partial charge on any atom is -0.342 e. The smallest absolute Gasteiger partial charge is 0.253 e. The molecular formula is C26H28Cl3N5O2S. The first-order valence-corrected chi connectivity index (χ1v) is 13.7. The lowest BCUT2D eigenvalue weighted by molar-refractivity contribution is -0.113. The molecule has 0 aliphatic rings. The van der Waals surface area contributed by atoms with Crippen LogP contribution in [0, 0.1) is 12.8 Å². The standard InChI is InChI=1S/C26H28Cl3N5O2S/c1-5-10-34-24(22(11-15(2)3)31-25(36)19-9-7-17(27)12-21(19)29)32-33-26(34)37-14-23(35)30-18-8-6-16(4)20(28)13-18/h5-9,12-13,15,22H,1,10-11,14H2,2-4H3,(H,30,35)(H,31,36)/t22-/m1/s1. The lowest BCUT2D eigenvalue weighted by Crippen LogP contribution is -2.32. The normalized spacial score (nSPS) is 11.9. The summed E-state index contributed by atoms with van der Waals surface area (Å²) in [5.74, 6) is 0.390. The van der Waals surface area contributed by atoms with E-state index in [9.17, 15) is 9.59 Å². The van der Waals surface area contributed by atoms with E-state index in [2.05, 4.69) is 41.3 Å². The molecule has 0 fully saturated rings. The zero-order valence-corrected chi connectivity index (χ0v) is 23.8. The van der Waals surface area contributed by atoms with Crippen LogP contribution in [-0.4, -0.2) is 32.3 Å². The van der Waals surface area contributed by atoms with Gasteiger partial charge in [0.25, 0.3) is 5.91 Å². The van der Waals surface area contributed by atoms with Crippen LogP contribution in [0.4, 0.5) is 5.69 Å². The van der Waals surface area contributed by atoms with E-state index in [4.69, 9.17) is 34.8 Å². The van der Waals surface area contributed by atoms with Gasteiger partial charge in [0, 0.05) is 22.3 Å². The van der Waals surface area contributed by atoms with Gasteiger partial charge in [-0.05, 0) is 55.2 Å². The molecule has 0 aliphatic heterocycles. The van der Waals surface area contributed by atoms with E-state index in [1.807, 2.05) is 17.6 Å². The number of carbonyl (C=O) groups excluding carboxylic acids is 2. The fourth-order valence-electron chi connectivity index (χ4n) is 3.57. The molecule has 1 aromatic heterocycles. The molecule has 7 nitrogen and oxygen atoms in total. The number of hydrogen-bond acceptors (Lipinski definition) is 5. The monoisotopic (exact) mass is 579 g/mol. The van der Waals surface area contributed by atoms with Gasteiger partial charge in [0.15, 0.2) is 11.0 Å². The predicted molar refractivity (Wildman–Crippen MR) is 152 cm³/mol. The number of benzene rings is 2. The van der Waals surface area contributed by atoms with E-state index in [1.165, 1.54) is 17.8 Å². The summed E-state index contributed by atoms with van der Waals surface area (Å²) < 4.78 is 1.85. The first-order chi connectivity index (χ1) is 17.6. The molecule has 196 valence electrons. The maximum atomic E-state index is 13.1. The minimum absolute atomic E-state index is 0.113. The third-order valence-corrected chi connectivity index (χ3v) is 7.27. The van der Waals surface area contributed by atoms with E-state index >= 15 is 0 Å². The summed E-state index contributed by atoms with van der Waals surface area (Å²) >= 11 is 19.6. The predicted octanol–water partition coefficient (Wildman–Crippen LogP) is 6.98. The van der Waals surface area contributed by atoms with E-state index in [-0.39, 0.29) is 28.5 Å². The van der Waals surface area contributed by atoms with Gasteiger partial charge in [-0.1, -0.05) is 72.6 Å². The number of allylic oxidation sites excluding steroid dienone is 1. The molecule has 0 saturated heterocycles. The summed E-state index contributed by atoms with van der Waals surface area (Å²) in [5, 5.41) is 16.4. The highest BCUT2D eigenvalue weighted by Crippen LogP contribution is 2.27. The fourth-order valence-corrected chi connectivity index (χ4v) is 5.00. The van der Waals surface area contributed by atoms with Gasteiger partial charge < -0.3 is 15.2 Å². The summed E-state index contributed by atoms with van der Waals surface area (Å²) in [6.07, 6.45) is 2.33. The SMILES string of the molecule is C=CCn1c(SCC(=O)Nc2ccc(C)c(Cl)c2)nnc1[C@@H](CC(C)C)NC(=O)c1ccc(Cl)cc1Cl. The minimum atomic E-state index is -0.440. The highest BCUT2D eigenvalue weighted by molar-refractivity contribution is 7.99. The van der Waals surface area contributed by atoms with Crippen LogP contribution in [0.1, 0.15) is 48.1 Å². The van der Waals surface area contributed by atoms with Gasteiger partial charge in [-0.15, -0.1) is 16.8 Å². The van der Waals surface area contributed by atoms with E-state index in [1.54, 1.807) is 30.3 Å². The molecule has 2 amide bonds. The molecule has 0 aliphatic carbocycles. The molecule has 37 heavy (non-hydrogen) atoms. The average Bonchev–Trinajstić information content (AvgIpc) is 3.22. The van der Waals surface area contributed by atoms with Gasteiger partial charge in [-0.2, -0.15) is 0 Å². The Morgan fingerprint density at radius 2 is 1.86 bits per heavy atom. The van der Waals surface area contributed by atoms with E-state index < -0.39 is 6.04 Å². The number of aromatic nitrogens is 3. The van der Waals surface area contributed by atoms with Gasteiger partial charge in [0.2, 0.25) is 5.91 Å². The van der Waals surface area contributed by atoms with E-state index in [0.29, 0.717) is 45.2 Å². The molecule has 0 bridgehead atoms. The Labute approximate surface area is 236 Å². The van der Waals surface area contributed by atoms with Crippen LogP contribution in [0.25, 0.3) is 0 Å². The number of carbonyl (C=O) groups is 2. The Morgan fingerprint density at radius 3 is 2.51 bits per heavy atom. The lowest BCUT2D eigenvalue weighted by Gasteiger charge is -2.21. The summed E-state index contributed by atoms with van der Waals surface area (Å²) in [4.78, 5) is 25.6. The summed E-state index contributed by atoms with van der Waals surface area (Å²) in [7, 11) is 0.